The third kappa shape index (κ3) is 7.02. The van der Waals surface area contributed by atoms with Gasteiger partial charge in [0.2, 0.25) is 0 Å². The number of urea groups is 1. The average molecular weight is 390 g/mol. The van der Waals surface area contributed by atoms with E-state index in [1.807, 2.05) is 0 Å². The van der Waals surface area contributed by atoms with E-state index in [9.17, 15) is 19.2 Å². The maximum atomic E-state index is 11.9. The lowest BCUT2D eigenvalue weighted by Gasteiger charge is -2.29. The van der Waals surface area contributed by atoms with Crippen LogP contribution >= 0.6 is 0 Å². The zero-order chi connectivity index (χ0) is 20.5. The molecule has 1 aromatic rings. The van der Waals surface area contributed by atoms with Gasteiger partial charge in [-0.1, -0.05) is 19.8 Å². The van der Waals surface area contributed by atoms with E-state index in [0.29, 0.717) is 17.2 Å². The zero-order valence-corrected chi connectivity index (χ0v) is 16.2. The lowest BCUT2D eigenvalue weighted by molar-refractivity contribution is -0.150. The fraction of sp³-hybridized carbons (Fsp3) is 0.500. The van der Waals surface area contributed by atoms with Gasteiger partial charge >= 0.3 is 12.0 Å². The number of Topliss-reactive ketones (excluding diaryl/α,β-unsaturated/α-hetero) is 1. The molecule has 8 heteroatoms. The van der Waals surface area contributed by atoms with Crippen molar-refractivity contribution in [3.63, 3.8) is 0 Å². The summed E-state index contributed by atoms with van der Waals surface area (Å²) in [6.07, 6.45) is 4.15. The van der Waals surface area contributed by atoms with Crippen molar-refractivity contribution in [1.29, 1.82) is 0 Å². The molecule has 28 heavy (non-hydrogen) atoms. The summed E-state index contributed by atoms with van der Waals surface area (Å²) in [4.78, 5) is 46.5. The van der Waals surface area contributed by atoms with Crippen molar-refractivity contribution in [2.24, 2.45) is 5.92 Å². The van der Waals surface area contributed by atoms with E-state index >= 15 is 0 Å². The van der Waals surface area contributed by atoms with Gasteiger partial charge in [-0.05, 0) is 49.9 Å². The van der Waals surface area contributed by atoms with Crippen LogP contribution in [0.3, 0.4) is 0 Å². The number of hydrogen-bond donors (Lipinski definition) is 2. The third-order valence-electron chi connectivity index (χ3n) is 4.66. The van der Waals surface area contributed by atoms with Crippen LogP contribution in [-0.4, -0.2) is 42.9 Å². The molecule has 3 amide bonds. The van der Waals surface area contributed by atoms with E-state index in [1.165, 1.54) is 6.92 Å². The molecule has 0 unspecified atom stereocenters. The van der Waals surface area contributed by atoms with Crippen LogP contribution in [0.1, 0.15) is 49.9 Å². The number of rotatable bonds is 7. The van der Waals surface area contributed by atoms with E-state index in [1.54, 1.807) is 24.3 Å². The van der Waals surface area contributed by atoms with Crippen molar-refractivity contribution < 1.29 is 28.7 Å². The number of ketones is 1. The standard InChI is InChI=1S/C20H26N2O6/c1-13-5-3-4-6-17(13)21-20(26)22-18(24)11-28-19(25)12-27-16-9-7-15(8-10-16)14(2)23/h7-10,13,17H,3-6,11-12H2,1-2H3,(H2,21,22,24,26)/t13-,17-/m1/s1. The lowest BCUT2D eigenvalue weighted by atomic mass is 9.86. The topological polar surface area (TPSA) is 111 Å². The zero-order valence-electron chi connectivity index (χ0n) is 16.2. The Hall–Kier alpha value is -2.90. The molecular formula is C20H26N2O6. The summed E-state index contributed by atoms with van der Waals surface area (Å²) in [6.45, 7) is 2.56. The number of hydrogen-bond acceptors (Lipinski definition) is 6. The van der Waals surface area contributed by atoms with Crippen LogP contribution in [-0.2, 0) is 14.3 Å². The van der Waals surface area contributed by atoms with Gasteiger partial charge in [-0.3, -0.25) is 14.9 Å². The molecule has 2 N–H and O–H groups in total. The van der Waals surface area contributed by atoms with Gasteiger partial charge in [0.25, 0.3) is 5.91 Å². The Morgan fingerprint density at radius 2 is 1.71 bits per heavy atom. The number of carbonyl (C=O) groups excluding carboxylic acids is 4. The summed E-state index contributed by atoms with van der Waals surface area (Å²) in [5.74, 6) is -0.757. The van der Waals surface area contributed by atoms with Crippen molar-refractivity contribution in [2.75, 3.05) is 13.2 Å². The van der Waals surface area contributed by atoms with Crippen LogP contribution < -0.4 is 15.4 Å². The Labute approximate surface area is 164 Å². The highest BCUT2D eigenvalue weighted by Crippen LogP contribution is 2.23. The summed E-state index contributed by atoms with van der Waals surface area (Å²) >= 11 is 0. The van der Waals surface area contributed by atoms with Crippen LogP contribution in [0.2, 0.25) is 0 Å². The van der Waals surface area contributed by atoms with Crippen LogP contribution in [0.4, 0.5) is 4.79 Å². The SMILES string of the molecule is CC(=O)c1ccc(OCC(=O)OCC(=O)NC(=O)N[C@@H]2CCCC[C@H]2C)cc1. The predicted octanol–water partition coefficient (Wildman–Crippen LogP) is 2.22. The highest BCUT2D eigenvalue weighted by Gasteiger charge is 2.23. The Morgan fingerprint density at radius 1 is 1.04 bits per heavy atom. The first-order chi connectivity index (χ1) is 13.3. The number of ether oxygens (including phenoxy) is 2. The molecular weight excluding hydrogens is 364 g/mol. The van der Waals surface area contributed by atoms with Gasteiger partial charge in [0.1, 0.15) is 5.75 Å². The van der Waals surface area contributed by atoms with E-state index in [4.69, 9.17) is 9.47 Å². The maximum absolute atomic E-state index is 11.9. The first-order valence-corrected chi connectivity index (χ1v) is 9.35. The Kier molecular flexibility index (Phi) is 7.98. The van der Waals surface area contributed by atoms with Crippen LogP contribution in [0.5, 0.6) is 5.75 Å². The van der Waals surface area contributed by atoms with Gasteiger partial charge in [-0.2, -0.15) is 0 Å². The molecule has 1 aliphatic rings. The summed E-state index contributed by atoms with van der Waals surface area (Å²) in [5, 5.41) is 4.94. The summed E-state index contributed by atoms with van der Waals surface area (Å²) in [6, 6.07) is 5.76. The molecule has 2 atom stereocenters. The number of nitrogens with one attached hydrogen (secondary N) is 2. The second-order valence-electron chi connectivity index (χ2n) is 6.92. The molecule has 0 radical (unpaired) electrons. The van der Waals surface area contributed by atoms with Gasteiger partial charge in [-0.15, -0.1) is 0 Å². The molecule has 0 heterocycles. The molecule has 1 fully saturated rings. The quantitative estimate of drug-likeness (QED) is 0.545. The molecule has 0 spiro atoms. The maximum Gasteiger partial charge on any atom is 0.344 e. The lowest BCUT2D eigenvalue weighted by Crippen LogP contribution is -2.48. The molecule has 1 saturated carbocycles. The smallest absolute Gasteiger partial charge is 0.344 e. The molecule has 0 bridgehead atoms. The van der Waals surface area contributed by atoms with Crippen molar-refractivity contribution >= 4 is 23.7 Å². The van der Waals surface area contributed by atoms with Crippen LogP contribution in [0, 0.1) is 5.92 Å². The predicted molar refractivity (Wildman–Crippen MR) is 101 cm³/mol. The second kappa shape index (κ2) is 10.4. The molecule has 0 aromatic heterocycles. The fourth-order valence-corrected chi connectivity index (χ4v) is 3.01. The number of amides is 3. The summed E-state index contributed by atoms with van der Waals surface area (Å²) in [7, 11) is 0. The Bertz CT molecular complexity index is 716. The number of imide groups is 1. The largest absolute Gasteiger partial charge is 0.482 e. The normalized spacial score (nSPS) is 18.6. The minimum absolute atomic E-state index is 0.0480. The van der Waals surface area contributed by atoms with E-state index in [2.05, 4.69) is 17.6 Å². The third-order valence-corrected chi connectivity index (χ3v) is 4.66. The molecule has 0 aliphatic heterocycles. The highest BCUT2D eigenvalue weighted by molar-refractivity contribution is 5.95. The molecule has 0 saturated heterocycles. The number of benzene rings is 1. The minimum atomic E-state index is -0.743. The van der Waals surface area contributed by atoms with Gasteiger partial charge in [0.15, 0.2) is 19.0 Å². The summed E-state index contributed by atoms with van der Waals surface area (Å²) in [5.41, 5.74) is 0.535. The van der Waals surface area contributed by atoms with E-state index in [0.717, 1.165) is 25.7 Å². The van der Waals surface area contributed by atoms with E-state index < -0.39 is 31.1 Å². The van der Waals surface area contributed by atoms with Crippen molar-refractivity contribution in [3.8, 4) is 5.75 Å². The minimum Gasteiger partial charge on any atom is -0.482 e. The van der Waals surface area contributed by atoms with Crippen LogP contribution in [0.25, 0.3) is 0 Å². The average Bonchev–Trinajstić information content (AvgIpc) is 2.66. The molecule has 8 nitrogen and oxygen atoms in total. The monoisotopic (exact) mass is 390 g/mol. The first kappa shape index (κ1) is 21.4. The summed E-state index contributed by atoms with van der Waals surface area (Å²) < 4.78 is 10.0. The van der Waals surface area contributed by atoms with Gasteiger partial charge in [0, 0.05) is 11.6 Å². The van der Waals surface area contributed by atoms with Gasteiger partial charge < -0.3 is 14.8 Å². The Morgan fingerprint density at radius 3 is 2.36 bits per heavy atom. The molecule has 152 valence electrons. The Balaban J connectivity index is 1.65. The van der Waals surface area contributed by atoms with Crippen molar-refractivity contribution in [3.05, 3.63) is 29.8 Å². The fourth-order valence-electron chi connectivity index (χ4n) is 3.01. The molecule has 1 aliphatic carbocycles. The van der Waals surface area contributed by atoms with Gasteiger partial charge in [0.05, 0.1) is 0 Å². The highest BCUT2D eigenvalue weighted by atomic mass is 16.6. The number of esters is 1. The van der Waals surface area contributed by atoms with E-state index in [-0.39, 0.29) is 11.8 Å². The first-order valence-electron chi connectivity index (χ1n) is 9.35. The van der Waals surface area contributed by atoms with Crippen LogP contribution in [0.15, 0.2) is 24.3 Å². The number of carbonyl (C=O) groups is 4. The van der Waals surface area contributed by atoms with Crippen molar-refractivity contribution in [2.45, 2.75) is 45.6 Å². The molecule has 2 rings (SSSR count). The molecule has 1 aromatic carbocycles. The van der Waals surface area contributed by atoms with Gasteiger partial charge in [-0.25, -0.2) is 9.59 Å². The second-order valence-corrected chi connectivity index (χ2v) is 6.92. The van der Waals surface area contributed by atoms with Crippen molar-refractivity contribution in [1.82, 2.24) is 10.6 Å².